The summed E-state index contributed by atoms with van der Waals surface area (Å²) in [4.78, 5) is 113. The zero-order chi connectivity index (χ0) is 98.4. The van der Waals surface area contributed by atoms with Crippen LogP contribution in [0.1, 0.15) is 220 Å². The Morgan fingerprint density at radius 3 is 1.10 bits per heavy atom. The summed E-state index contributed by atoms with van der Waals surface area (Å²) in [7, 11) is -4.30. The quantitative estimate of drug-likeness (QED) is 0.0208. The highest BCUT2D eigenvalue weighted by Crippen LogP contribution is 2.56. The van der Waals surface area contributed by atoms with Gasteiger partial charge in [0.25, 0.3) is 0 Å². The monoisotopic (exact) mass is 1810 g/mol. The number of hydrogen-bond acceptors (Lipinski definition) is 23. The number of rotatable bonds is 10. The van der Waals surface area contributed by atoms with Gasteiger partial charge in [-0.25, -0.2) is 73.3 Å². The number of amides is 8. The zero-order valence-corrected chi connectivity index (χ0v) is 82.3. The Hall–Kier alpha value is -12.2. The molecule has 34 heteroatoms. The van der Waals surface area contributed by atoms with Crippen molar-refractivity contribution in [3.05, 3.63) is 191 Å². The average molecular weight is 1810 g/mol. The van der Waals surface area contributed by atoms with E-state index in [0.29, 0.717) is 42.9 Å². The van der Waals surface area contributed by atoms with Crippen molar-refractivity contribution in [3.63, 3.8) is 0 Å². The van der Waals surface area contributed by atoms with Crippen LogP contribution in [0.2, 0.25) is 19.6 Å². The normalized spacial score (nSPS) is 15.1. The second kappa shape index (κ2) is 51.0. The highest BCUT2D eigenvalue weighted by Gasteiger charge is 2.41. The number of azo groups is 1. The van der Waals surface area contributed by atoms with Gasteiger partial charge in [0.05, 0.1) is 75.3 Å². The Morgan fingerprint density at radius 2 is 0.797 bits per heavy atom. The minimum atomic E-state index is -2.89. The third kappa shape index (κ3) is 48.0. The second-order valence-corrected chi connectivity index (χ2v) is 44.8. The molecule has 0 bridgehead atoms. The lowest BCUT2D eigenvalue weighted by molar-refractivity contribution is -0.132. The SMILES string of the molecule is C=CC(=C)O[Si](C)(C)C.CC(C)(C)OC(=O)N1CC/C(=C(\C#N)c2ccccc2)CN1C(=O)OC(C)(C)C.CC(C)(C)OC(=O)N1CCC(=O)CN1C(=O)OC(C)(C)C.CC(C)(C)OC(=O)N=NC(=O)OC(C)(C)C.CCOP(C)(=O)C(C#N)c1ccccc1.N#CCc1ccccc1.[C-]#[N+]/C(=C1/CCN(C(=O)OC(C)(C)C)N(C(=O)OC(C)(C)C)C1)c1ccccc1. The maximum Gasteiger partial charge on any atom is 0.453 e. The van der Waals surface area contributed by atoms with E-state index in [1.54, 1.807) is 191 Å². The molecule has 0 N–H and O–H groups in total. The summed E-state index contributed by atoms with van der Waals surface area (Å²) in [6.07, 6.45) is -2.53. The molecule has 700 valence electrons. The maximum atomic E-state index is 12.8. The summed E-state index contributed by atoms with van der Waals surface area (Å²) in [5.74, 6) is 0.565. The Bertz CT molecular complexity index is 4510. The number of benzene rings is 4. The Balaban J connectivity index is 0.000000776. The number of carbonyl (C=O) groups excluding carboxylic acids is 9. The molecule has 2 atom stereocenters. The van der Waals surface area contributed by atoms with Crippen molar-refractivity contribution in [3.8, 4) is 18.2 Å². The van der Waals surface area contributed by atoms with E-state index in [1.807, 2.05) is 109 Å². The molecule has 2 unspecified atom stereocenters. The number of Topliss-reactive ketones (excluding diaryl/α,β-unsaturated/α-hetero) is 1. The summed E-state index contributed by atoms with van der Waals surface area (Å²) < 4.78 is 64.7. The largest absolute Gasteiger partial charge is 0.545 e. The third-order valence-corrected chi connectivity index (χ3v) is 18.3. The molecular weight excluding hydrogens is 1680 g/mol. The lowest BCUT2D eigenvalue weighted by Gasteiger charge is -2.40. The van der Waals surface area contributed by atoms with Crippen LogP contribution in [0.5, 0.6) is 0 Å². The van der Waals surface area contributed by atoms with Crippen molar-refractivity contribution >= 4 is 81.5 Å². The molecule has 128 heavy (non-hydrogen) atoms. The summed E-state index contributed by atoms with van der Waals surface area (Å²) in [5.41, 5.74) is -0.302. The molecule has 0 spiro atoms. The Kier molecular flexibility index (Phi) is 45.4. The molecule has 0 radical (unpaired) electrons. The zero-order valence-electron chi connectivity index (χ0n) is 80.4. The molecule has 8 amide bonds. The molecule has 0 aromatic heterocycles. The fraction of sp³-hybridized carbons (Fsp3) is 0.521. The average Bonchev–Trinajstić information content (AvgIpc) is 0.801. The molecule has 3 saturated heterocycles. The lowest BCUT2D eigenvalue weighted by Crippen LogP contribution is -2.57. The highest BCUT2D eigenvalue weighted by molar-refractivity contribution is 7.58. The first-order valence-corrected chi connectivity index (χ1v) is 47.1. The van der Waals surface area contributed by atoms with Gasteiger partial charge in [0.15, 0.2) is 11.5 Å². The summed E-state index contributed by atoms with van der Waals surface area (Å²) >= 11 is 0. The molecule has 7 rings (SSSR count). The van der Waals surface area contributed by atoms with Gasteiger partial charge in [0.1, 0.15) is 57.0 Å². The van der Waals surface area contributed by atoms with Crippen molar-refractivity contribution in [2.24, 2.45) is 10.2 Å². The van der Waals surface area contributed by atoms with Gasteiger partial charge in [-0.15, -0.1) is 0 Å². The number of hydrazine groups is 3. The number of ether oxygens (including phenoxy) is 8. The van der Waals surface area contributed by atoms with Gasteiger partial charge in [-0.3, -0.25) is 9.36 Å². The van der Waals surface area contributed by atoms with E-state index in [0.717, 1.165) is 43.4 Å². The fourth-order valence-corrected chi connectivity index (χ4v) is 13.0. The third-order valence-electron chi connectivity index (χ3n) is 15.3. The maximum absolute atomic E-state index is 12.8. The molecule has 0 saturated carbocycles. The van der Waals surface area contributed by atoms with Gasteiger partial charge in [0, 0.05) is 19.6 Å². The van der Waals surface area contributed by atoms with Crippen LogP contribution in [0.3, 0.4) is 0 Å². The molecule has 3 aliphatic heterocycles. The first kappa shape index (κ1) is 114. The van der Waals surface area contributed by atoms with Crippen molar-refractivity contribution in [1.82, 2.24) is 30.1 Å². The highest BCUT2D eigenvalue weighted by atomic mass is 31.2. The van der Waals surface area contributed by atoms with Crippen LogP contribution in [-0.2, 0) is 62.6 Å². The molecule has 0 aliphatic carbocycles. The van der Waals surface area contributed by atoms with Crippen LogP contribution in [0.25, 0.3) is 16.1 Å². The number of carbonyl (C=O) groups is 9. The molecular formula is C94H135N12O20PSi. The summed E-state index contributed by atoms with van der Waals surface area (Å²) in [6.45, 7) is 67.0. The second-order valence-electron chi connectivity index (χ2n) is 37.7. The van der Waals surface area contributed by atoms with Gasteiger partial charge < -0.3 is 46.8 Å². The van der Waals surface area contributed by atoms with E-state index in [2.05, 4.69) is 66.1 Å². The summed E-state index contributed by atoms with van der Waals surface area (Å²) in [6, 6.07) is 43.8. The number of ketones is 1. The predicted octanol–water partition coefficient (Wildman–Crippen LogP) is 23.0. The van der Waals surface area contributed by atoms with E-state index >= 15 is 0 Å². The van der Waals surface area contributed by atoms with Crippen LogP contribution in [-0.4, -0.2) is 190 Å². The molecule has 32 nitrogen and oxygen atoms in total. The van der Waals surface area contributed by atoms with Crippen LogP contribution in [0, 0.1) is 40.6 Å². The van der Waals surface area contributed by atoms with E-state index in [1.165, 1.54) is 26.7 Å². The van der Waals surface area contributed by atoms with E-state index < -0.39 is 115 Å². The van der Waals surface area contributed by atoms with Crippen molar-refractivity contribution in [2.75, 3.05) is 52.5 Å². The van der Waals surface area contributed by atoms with Crippen LogP contribution < -0.4 is 0 Å². The van der Waals surface area contributed by atoms with Crippen LogP contribution >= 0.6 is 7.37 Å². The fourth-order valence-electron chi connectivity index (χ4n) is 10.5. The van der Waals surface area contributed by atoms with Gasteiger partial charge in [0.2, 0.25) is 15.7 Å². The number of nitriles is 3. The van der Waals surface area contributed by atoms with Crippen molar-refractivity contribution in [2.45, 2.75) is 269 Å². The standard InChI is InChI=1S/2C22H29N3O4.C14H24N2O5.C11H14NO2P.C10H18N2O4.C8H7N.C7H14OSi/c1-21(2,3)28-19(26)24-14-13-17(15-25(24)20(27)29-22(4,5)6)18(23-7)16-11-9-8-10-12-16;1-21(2,3)28-19(26)24-13-12-17(15-25(24)20(27)29-22(4,5)6)18(14-23)16-10-8-7-9-11-16;1-13(2,3)20-11(18)15-8-7-10(17)9-16(15)12(19)21-14(4,5)6;1-3-14-15(2,13)11(9-12)10-7-5-4-6-8-10;1-9(2,3)15-7(13)11-12-8(14)16-10(4,5)6;9-7-6-8-4-2-1-3-5-8;1-6-7(2)8-9(3,4)5/h8-12H,13-15H2,1-6H3;7-11H,12-13,15H2,1-6H3;7-9H2,1-6H3;4-8,11H,3H2,1-2H3;1-6H3;1-5H,6H2;6H,1-2H2,3-5H3/b2*18-17-;;;;;. The van der Waals surface area contributed by atoms with E-state index in [9.17, 15) is 53.0 Å². The van der Waals surface area contributed by atoms with Crippen LogP contribution in [0.15, 0.2) is 168 Å². The minimum Gasteiger partial charge on any atom is -0.545 e. The molecule has 3 aliphatic rings. The molecule has 4 aromatic rings. The van der Waals surface area contributed by atoms with Gasteiger partial charge in [-0.2, -0.15) is 15.8 Å². The smallest absolute Gasteiger partial charge is 0.453 e. The topological polar surface area (TPSA) is 383 Å². The molecule has 3 heterocycles. The summed E-state index contributed by atoms with van der Waals surface area (Å²) in [5, 5.41) is 40.3. The van der Waals surface area contributed by atoms with E-state index in [4.69, 9.17) is 63.9 Å². The van der Waals surface area contributed by atoms with Gasteiger partial charge in [-0.1, -0.05) is 145 Å². The van der Waals surface area contributed by atoms with Crippen molar-refractivity contribution in [1.29, 1.82) is 15.8 Å². The van der Waals surface area contributed by atoms with E-state index in [-0.39, 0.29) is 51.5 Å². The first-order valence-electron chi connectivity index (χ1n) is 41.5. The number of nitrogens with zero attached hydrogens (tertiary/aromatic N) is 12. The molecule has 4 aromatic carbocycles. The number of allylic oxidation sites excluding steroid dienone is 2. The Labute approximate surface area is 759 Å². The van der Waals surface area contributed by atoms with Gasteiger partial charge >= 0.3 is 48.7 Å². The molecule has 3 fully saturated rings. The van der Waals surface area contributed by atoms with Crippen LogP contribution in [0.4, 0.5) is 38.4 Å². The lowest BCUT2D eigenvalue weighted by atomic mass is 9.97. The van der Waals surface area contributed by atoms with Gasteiger partial charge in [-0.05, 0) is 245 Å². The van der Waals surface area contributed by atoms with Crippen molar-refractivity contribution < 1.29 is 94.6 Å². The first-order chi connectivity index (χ1) is 58.7. The minimum absolute atomic E-state index is 0.0753. The Morgan fingerprint density at radius 1 is 0.484 bits per heavy atom. The number of hydrogen-bond donors (Lipinski definition) is 0. The predicted molar refractivity (Wildman–Crippen MR) is 492 cm³/mol.